The first-order valence-electron chi connectivity index (χ1n) is 7.60. The van der Waals surface area contributed by atoms with Gasteiger partial charge in [-0.05, 0) is 50.3 Å². The van der Waals surface area contributed by atoms with Gasteiger partial charge in [-0.2, -0.15) is 13.2 Å². The molecule has 0 heterocycles. The normalized spacial score (nSPS) is 22.3. The fraction of sp³-hybridized carbons (Fsp3) is 0.562. The molecule has 1 aromatic carbocycles. The molecule has 2 N–H and O–H groups in total. The molecule has 0 aromatic heterocycles. The van der Waals surface area contributed by atoms with Crippen LogP contribution in [0, 0.1) is 0 Å². The molecule has 1 aliphatic rings. The molecular formula is C16H22F3N3. The van der Waals surface area contributed by atoms with Crippen LogP contribution in [0.15, 0.2) is 29.3 Å². The summed E-state index contributed by atoms with van der Waals surface area (Å²) in [5.74, 6) is 0.835. The molecule has 0 aliphatic heterocycles. The monoisotopic (exact) mass is 313 g/mol. The molecule has 1 aliphatic carbocycles. The quantitative estimate of drug-likeness (QED) is 0.681. The minimum atomic E-state index is -4.27. The van der Waals surface area contributed by atoms with Crippen molar-refractivity contribution >= 4 is 5.96 Å². The Kier molecular flexibility index (Phi) is 4.98. The third-order valence-electron chi connectivity index (χ3n) is 4.22. The van der Waals surface area contributed by atoms with Gasteiger partial charge in [-0.3, -0.25) is 0 Å². The minimum absolute atomic E-state index is 0.174. The van der Waals surface area contributed by atoms with Gasteiger partial charge in [0.1, 0.15) is 0 Å². The Bertz CT molecular complexity index is 512. The topological polar surface area (TPSA) is 41.6 Å². The summed E-state index contributed by atoms with van der Waals surface area (Å²) in [4.78, 5) is 6.49. The zero-order valence-electron chi connectivity index (χ0n) is 12.9. The maximum absolute atomic E-state index is 12.5. The number of halogens is 3. The van der Waals surface area contributed by atoms with Crippen LogP contribution in [0.4, 0.5) is 13.2 Å². The van der Waals surface area contributed by atoms with Gasteiger partial charge in [-0.1, -0.05) is 12.1 Å². The van der Waals surface area contributed by atoms with Gasteiger partial charge >= 0.3 is 6.18 Å². The lowest BCUT2D eigenvalue weighted by Crippen LogP contribution is -2.39. The van der Waals surface area contributed by atoms with E-state index in [9.17, 15) is 13.2 Å². The van der Waals surface area contributed by atoms with E-state index >= 15 is 0 Å². The molecule has 122 valence electrons. The molecule has 1 aromatic rings. The summed E-state index contributed by atoms with van der Waals surface area (Å²) < 4.78 is 37.6. The van der Waals surface area contributed by atoms with Crippen LogP contribution in [-0.2, 0) is 6.18 Å². The Hall–Kier alpha value is -1.72. The minimum Gasteiger partial charge on any atom is -0.370 e. The lowest BCUT2D eigenvalue weighted by Gasteiger charge is -2.34. The number of nitrogens with zero attached hydrogens (tertiary/aromatic N) is 2. The van der Waals surface area contributed by atoms with E-state index in [1.807, 2.05) is 18.7 Å². The smallest absolute Gasteiger partial charge is 0.370 e. The SMILES string of the molecule is CCN(CC)C(N)=NC1CC(c2ccc(C(F)(F)F)cc2)C1. The number of benzene rings is 1. The molecule has 1 fully saturated rings. The molecule has 1 saturated carbocycles. The summed E-state index contributed by atoms with van der Waals surface area (Å²) in [5.41, 5.74) is 6.30. The highest BCUT2D eigenvalue weighted by atomic mass is 19.4. The highest BCUT2D eigenvalue weighted by Gasteiger charge is 2.33. The molecule has 0 radical (unpaired) electrons. The van der Waals surface area contributed by atoms with Crippen molar-refractivity contribution in [2.75, 3.05) is 13.1 Å². The number of aliphatic imine (C=N–C) groups is 1. The van der Waals surface area contributed by atoms with E-state index in [0.29, 0.717) is 5.96 Å². The van der Waals surface area contributed by atoms with Crippen LogP contribution in [0.2, 0.25) is 0 Å². The van der Waals surface area contributed by atoms with Crippen LogP contribution in [0.3, 0.4) is 0 Å². The van der Waals surface area contributed by atoms with Gasteiger partial charge in [0.25, 0.3) is 0 Å². The fourth-order valence-electron chi connectivity index (χ4n) is 2.73. The molecule has 6 heteroatoms. The lowest BCUT2D eigenvalue weighted by atomic mass is 9.76. The average molecular weight is 313 g/mol. The van der Waals surface area contributed by atoms with E-state index in [1.165, 1.54) is 0 Å². The maximum atomic E-state index is 12.5. The lowest BCUT2D eigenvalue weighted by molar-refractivity contribution is -0.137. The number of nitrogens with two attached hydrogens (primary N) is 1. The molecule has 22 heavy (non-hydrogen) atoms. The van der Waals surface area contributed by atoms with E-state index in [0.717, 1.165) is 43.6 Å². The van der Waals surface area contributed by atoms with Gasteiger partial charge in [0, 0.05) is 13.1 Å². The summed E-state index contributed by atoms with van der Waals surface area (Å²) in [5, 5.41) is 0. The predicted octanol–water partition coefficient (Wildman–Crippen LogP) is 3.61. The summed E-state index contributed by atoms with van der Waals surface area (Å²) in [7, 11) is 0. The van der Waals surface area contributed by atoms with Crippen LogP contribution in [0.25, 0.3) is 0 Å². The molecule has 0 amide bonds. The van der Waals surface area contributed by atoms with Gasteiger partial charge in [0.2, 0.25) is 0 Å². The zero-order chi connectivity index (χ0) is 16.3. The third kappa shape index (κ3) is 3.72. The molecular weight excluding hydrogens is 291 g/mol. The van der Waals surface area contributed by atoms with Crippen molar-refractivity contribution in [3.8, 4) is 0 Å². The molecule has 0 bridgehead atoms. The Balaban J connectivity index is 1.93. The van der Waals surface area contributed by atoms with Crippen molar-refractivity contribution < 1.29 is 13.2 Å². The van der Waals surface area contributed by atoms with Crippen LogP contribution in [0.1, 0.15) is 43.7 Å². The highest BCUT2D eigenvalue weighted by molar-refractivity contribution is 5.78. The van der Waals surface area contributed by atoms with Crippen molar-refractivity contribution in [3.63, 3.8) is 0 Å². The first-order valence-corrected chi connectivity index (χ1v) is 7.60. The highest BCUT2D eigenvalue weighted by Crippen LogP contribution is 2.39. The second-order valence-corrected chi connectivity index (χ2v) is 5.60. The number of hydrogen-bond donors (Lipinski definition) is 1. The zero-order valence-corrected chi connectivity index (χ0v) is 12.9. The number of guanidine groups is 1. The van der Waals surface area contributed by atoms with Gasteiger partial charge < -0.3 is 10.6 Å². The van der Waals surface area contributed by atoms with E-state index < -0.39 is 11.7 Å². The van der Waals surface area contributed by atoms with Gasteiger partial charge in [0.15, 0.2) is 5.96 Å². The van der Waals surface area contributed by atoms with E-state index in [4.69, 9.17) is 5.73 Å². The first kappa shape index (κ1) is 16.6. The molecule has 0 atom stereocenters. The van der Waals surface area contributed by atoms with Crippen LogP contribution in [-0.4, -0.2) is 30.0 Å². The fourth-order valence-corrected chi connectivity index (χ4v) is 2.73. The Labute approximate surface area is 129 Å². The first-order chi connectivity index (χ1) is 10.3. The Morgan fingerprint density at radius 3 is 2.18 bits per heavy atom. The molecule has 2 rings (SSSR count). The number of alkyl halides is 3. The second kappa shape index (κ2) is 6.58. The predicted molar refractivity (Wildman–Crippen MR) is 81.8 cm³/mol. The van der Waals surface area contributed by atoms with Crippen molar-refractivity contribution in [2.24, 2.45) is 10.7 Å². The standard InChI is InChI=1S/C16H22F3N3/c1-3-22(4-2)15(20)21-14-9-12(10-14)11-5-7-13(8-6-11)16(17,18)19/h5-8,12,14H,3-4,9-10H2,1-2H3,(H2,20,21). The molecule has 0 spiro atoms. The van der Waals surface area contributed by atoms with Crippen molar-refractivity contribution in [2.45, 2.75) is 44.8 Å². The van der Waals surface area contributed by atoms with Gasteiger partial charge in [-0.25, -0.2) is 4.99 Å². The van der Waals surface area contributed by atoms with Crippen LogP contribution >= 0.6 is 0 Å². The summed E-state index contributed by atoms with van der Waals surface area (Å²) in [6, 6.07) is 5.61. The van der Waals surface area contributed by atoms with E-state index in [1.54, 1.807) is 12.1 Å². The third-order valence-corrected chi connectivity index (χ3v) is 4.22. The Morgan fingerprint density at radius 1 is 1.18 bits per heavy atom. The van der Waals surface area contributed by atoms with Crippen molar-refractivity contribution in [3.05, 3.63) is 35.4 Å². The van der Waals surface area contributed by atoms with E-state index in [2.05, 4.69) is 4.99 Å². The molecule has 0 saturated heterocycles. The van der Waals surface area contributed by atoms with Gasteiger partial charge in [0.05, 0.1) is 11.6 Å². The summed E-state index contributed by atoms with van der Waals surface area (Å²) in [6.45, 7) is 5.69. The number of rotatable bonds is 4. The summed E-state index contributed by atoms with van der Waals surface area (Å²) >= 11 is 0. The largest absolute Gasteiger partial charge is 0.416 e. The molecule has 0 unspecified atom stereocenters. The van der Waals surface area contributed by atoms with Crippen molar-refractivity contribution in [1.82, 2.24) is 4.90 Å². The van der Waals surface area contributed by atoms with Crippen LogP contribution < -0.4 is 5.73 Å². The van der Waals surface area contributed by atoms with Crippen LogP contribution in [0.5, 0.6) is 0 Å². The number of hydrogen-bond acceptors (Lipinski definition) is 1. The van der Waals surface area contributed by atoms with E-state index in [-0.39, 0.29) is 12.0 Å². The maximum Gasteiger partial charge on any atom is 0.416 e. The Morgan fingerprint density at radius 2 is 1.73 bits per heavy atom. The molecule has 3 nitrogen and oxygen atoms in total. The summed E-state index contributed by atoms with van der Waals surface area (Å²) in [6.07, 6.45) is -2.59. The second-order valence-electron chi connectivity index (χ2n) is 5.60. The van der Waals surface area contributed by atoms with Crippen molar-refractivity contribution in [1.29, 1.82) is 0 Å². The average Bonchev–Trinajstić information content (AvgIpc) is 2.43. The van der Waals surface area contributed by atoms with Gasteiger partial charge in [-0.15, -0.1) is 0 Å².